The second kappa shape index (κ2) is 4.88. The SMILES string of the molecule is COc1ccc(C(=O)C(C)N)c2c1CCCC2. The predicted molar refractivity (Wildman–Crippen MR) is 67.6 cm³/mol. The lowest BCUT2D eigenvalue weighted by Crippen LogP contribution is -2.28. The van der Waals surface area contributed by atoms with Crippen LogP contribution in [0.1, 0.15) is 41.3 Å². The molecule has 0 amide bonds. The van der Waals surface area contributed by atoms with Crippen molar-refractivity contribution in [3.63, 3.8) is 0 Å². The van der Waals surface area contributed by atoms with E-state index in [-0.39, 0.29) is 5.78 Å². The quantitative estimate of drug-likeness (QED) is 0.813. The lowest BCUT2D eigenvalue weighted by Gasteiger charge is -2.22. The van der Waals surface area contributed by atoms with Crippen molar-refractivity contribution in [1.29, 1.82) is 0 Å². The number of carbonyl (C=O) groups is 1. The first kappa shape index (κ1) is 12.1. The Hall–Kier alpha value is -1.35. The second-order valence-electron chi connectivity index (χ2n) is 4.63. The van der Waals surface area contributed by atoms with Gasteiger partial charge in [0.05, 0.1) is 13.2 Å². The van der Waals surface area contributed by atoms with Gasteiger partial charge in [0.15, 0.2) is 5.78 Å². The summed E-state index contributed by atoms with van der Waals surface area (Å²) in [4.78, 5) is 12.1. The Morgan fingerprint density at radius 1 is 1.29 bits per heavy atom. The number of rotatable bonds is 3. The van der Waals surface area contributed by atoms with Gasteiger partial charge in [-0.3, -0.25) is 4.79 Å². The number of hydrogen-bond acceptors (Lipinski definition) is 3. The lowest BCUT2D eigenvalue weighted by molar-refractivity contribution is 0.0966. The van der Waals surface area contributed by atoms with Crippen molar-refractivity contribution in [2.45, 2.75) is 38.6 Å². The van der Waals surface area contributed by atoms with Crippen LogP contribution in [-0.2, 0) is 12.8 Å². The van der Waals surface area contributed by atoms with Gasteiger partial charge in [-0.15, -0.1) is 0 Å². The molecule has 1 aliphatic rings. The fourth-order valence-corrected chi connectivity index (χ4v) is 2.50. The summed E-state index contributed by atoms with van der Waals surface area (Å²) >= 11 is 0. The molecule has 3 nitrogen and oxygen atoms in total. The maximum atomic E-state index is 12.1. The minimum Gasteiger partial charge on any atom is -0.496 e. The molecule has 0 spiro atoms. The molecule has 1 aromatic rings. The molecular formula is C14H19NO2. The van der Waals surface area contributed by atoms with E-state index in [4.69, 9.17) is 10.5 Å². The summed E-state index contributed by atoms with van der Waals surface area (Å²) in [6.07, 6.45) is 4.26. The van der Waals surface area contributed by atoms with Crippen molar-refractivity contribution in [2.75, 3.05) is 7.11 Å². The predicted octanol–water partition coefficient (Wildman–Crippen LogP) is 2.10. The molecule has 0 fully saturated rings. The van der Waals surface area contributed by atoms with E-state index in [2.05, 4.69) is 0 Å². The van der Waals surface area contributed by atoms with Gasteiger partial charge >= 0.3 is 0 Å². The van der Waals surface area contributed by atoms with Crippen LogP contribution >= 0.6 is 0 Å². The Balaban J connectivity index is 2.51. The molecule has 3 heteroatoms. The largest absolute Gasteiger partial charge is 0.496 e. The van der Waals surface area contributed by atoms with Gasteiger partial charge in [0.1, 0.15) is 5.75 Å². The first-order valence-electron chi connectivity index (χ1n) is 6.13. The molecule has 92 valence electrons. The highest BCUT2D eigenvalue weighted by Gasteiger charge is 2.22. The highest BCUT2D eigenvalue weighted by Crippen LogP contribution is 2.32. The van der Waals surface area contributed by atoms with Gasteiger partial charge in [-0.1, -0.05) is 0 Å². The molecule has 1 aromatic carbocycles. The third-order valence-corrected chi connectivity index (χ3v) is 3.39. The van der Waals surface area contributed by atoms with Crippen LogP contribution in [0.5, 0.6) is 5.75 Å². The van der Waals surface area contributed by atoms with Crippen LogP contribution in [0.15, 0.2) is 12.1 Å². The molecule has 0 saturated heterocycles. The van der Waals surface area contributed by atoms with Gasteiger partial charge in [-0.25, -0.2) is 0 Å². The molecule has 0 heterocycles. The zero-order valence-electron chi connectivity index (χ0n) is 10.5. The van der Waals surface area contributed by atoms with Crippen LogP contribution in [-0.4, -0.2) is 18.9 Å². The summed E-state index contributed by atoms with van der Waals surface area (Å²) in [6, 6.07) is 3.31. The van der Waals surface area contributed by atoms with Crippen LogP contribution in [0.25, 0.3) is 0 Å². The van der Waals surface area contributed by atoms with E-state index in [0.717, 1.165) is 36.1 Å². The van der Waals surface area contributed by atoms with Crippen LogP contribution in [0.3, 0.4) is 0 Å². The van der Waals surface area contributed by atoms with Crippen molar-refractivity contribution < 1.29 is 9.53 Å². The average molecular weight is 233 g/mol. The van der Waals surface area contributed by atoms with Gasteiger partial charge in [0.25, 0.3) is 0 Å². The number of ketones is 1. The van der Waals surface area contributed by atoms with Crippen LogP contribution in [0.4, 0.5) is 0 Å². The van der Waals surface area contributed by atoms with Crippen molar-refractivity contribution in [3.8, 4) is 5.75 Å². The molecule has 0 radical (unpaired) electrons. The number of ether oxygens (including phenoxy) is 1. The monoisotopic (exact) mass is 233 g/mol. The normalized spacial score (nSPS) is 16.2. The first-order valence-corrected chi connectivity index (χ1v) is 6.13. The molecule has 1 aliphatic carbocycles. The summed E-state index contributed by atoms with van der Waals surface area (Å²) < 4.78 is 5.37. The topological polar surface area (TPSA) is 52.3 Å². The summed E-state index contributed by atoms with van der Waals surface area (Å²) in [5.74, 6) is 0.937. The number of benzene rings is 1. The zero-order chi connectivity index (χ0) is 12.4. The minimum atomic E-state index is -0.436. The fourth-order valence-electron chi connectivity index (χ4n) is 2.50. The third kappa shape index (κ3) is 2.20. The Morgan fingerprint density at radius 2 is 1.94 bits per heavy atom. The van der Waals surface area contributed by atoms with Gasteiger partial charge in [-0.05, 0) is 55.9 Å². The first-order chi connectivity index (χ1) is 8.15. The number of fused-ring (bicyclic) bond motifs is 1. The lowest BCUT2D eigenvalue weighted by atomic mass is 9.85. The molecule has 17 heavy (non-hydrogen) atoms. The third-order valence-electron chi connectivity index (χ3n) is 3.39. The molecule has 0 saturated carbocycles. The molecule has 0 aliphatic heterocycles. The van der Waals surface area contributed by atoms with Crippen LogP contribution < -0.4 is 10.5 Å². The van der Waals surface area contributed by atoms with Gasteiger partial charge in [0, 0.05) is 5.56 Å². The number of Topliss-reactive ketones (excluding diaryl/α,β-unsaturated/α-hetero) is 1. The van der Waals surface area contributed by atoms with E-state index < -0.39 is 6.04 Å². The molecule has 2 N–H and O–H groups in total. The zero-order valence-corrected chi connectivity index (χ0v) is 10.5. The highest BCUT2D eigenvalue weighted by molar-refractivity contribution is 6.01. The molecule has 0 bridgehead atoms. The Bertz CT molecular complexity index is 438. The maximum Gasteiger partial charge on any atom is 0.179 e. The Labute approximate surface area is 102 Å². The van der Waals surface area contributed by atoms with Crippen LogP contribution in [0.2, 0.25) is 0 Å². The van der Waals surface area contributed by atoms with E-state index in [0.29, 0.717) is 0 Å². The highest BCUT2D eigenvalue weighted by atomic mass is 16.5. The van der Waals surface area contributed by atoms with E-state index in [1.165, 1.54) is 12.0 Å². The summed E-state index contributed by atoms with van der Waals surface area (Å²) in [7, 11) is 1.68. The van der Waals surface area contributed by atoms with Crippen LogP contribution in [0, 0.1) is 0 Å². The second-order valence-corrected chi connectivity index (χ2v) is 4.63. The number of nitrogens with two attached hydrogens (primary N) is 1. The Morgan fingerprint density at radius 3 is 2.53 bits per heavy atom. The average Bonchev–Trinajstić information content (AvgIpc) is 2.36. The molecular weight excluding hydrogens is 214 g/mol. The standard InChI is InChI=1S/C14H19NO2/c1-9(15)14(16)12-7-8-13(17-2)11-6-4-3-5-10(11)12/h7-9H,3-6,15H2,1-2H3. The van der Waals surface area contributed by atoms with E-state index >= 15 is 0 Å². The number of hydrogen-bond donors (Lipinski definition) is 1. The molecule has 0 aromatic heterocycles. The van der Waals surface area contributed by atoms with Gasteiger partial charge in [-0.2, -0.15) is 0 Å². The minimum absolute atomic E-state index is 0.0332. The molecule has 2 rings (SSSR count). The van der Waals surface area contributed by atoms with Gasteiger partial charge in [0.2, 0.25) is 0 Å². The summed E-state index contributed by atoms with van der Waals surface area (Å²) in [5.41, 5.74) is 8.83. The summed E-state index contributed by atoms with van der Waals surface area (Å²) in [5, 5.41) is 0. The number of methoxy groups -OCH3 is 1. The van der Waals surface area contributed by atoms with Crippen molar-refractivity contribution in [3.05, 3.63) is 28.8 Å². The number of carbonyl (C=O) groups excluding carboxylic acids is 1. The maximum absolute atomic E-state index is 12.1. The van der Waals surface area contributed by atoms with Crippen molar-refractivity contribution in [2.24, 2.45) is 5.73 Å². The smallest absolute Gasteiger partial charge is 0.179 e. The van der Waals surface area contributed by atoms with Crippen molar-refractivity contribution in [1.82, 2.24) is 0 Å². The van der Waals surface area contributed by atoms with E-state index in [1.807, 2.05) is 12.1 Å². The van der Waals surface area contributed by atoms with E-state index in [1.54, 1.807) is 14.0 Å². The fraction of sp³-hybridized carbons (Fsp3) is 0.500. The van der Waals surface area contributed by atoms with Crippen molar-refractivity contribution >= 4 is 5.78 Å². The Kier molecular flexibility index (Phi) is 3.48. The summed E-state index contributed by atoms with van der Waals surface area (Å²) in [6.45, 7) is 1.74. The van der Waals surface area contributed by atoms with E-state index in [9.17, 15) is 4.79 Å². The van der Waals surface area contributed by atoms with Gasteiger partial charge < -0.3 is 10.5 Å². The molecule has 1 unspecified atom stereocenters. The molecule has 1 atom stereocenters.